The van der Waals surface area contributed by atoms with Crippen molar-refractivity contribution in [3.8, 4) is 0 Å². The van der Waals surface area contributed by atoms with Crippen LogP contribution in [-0.4, -0.2) is 24.3 Å². The third-order valence-electron chi connectivity index (χ3n) is 3.50. The minimum Gasteiger partial charge on any atom is -0.396 e. The van der Waals surface area contributed by atoms with Gasteiger partial charge in [0.05, 0.1) is 0 Å². The second-order valence-electron chi connectivity index (χ2n) is 5.01. The number of fused-ring (bicyclic) bond motifs is 1. The predicted octanol–water partition coefficient (Wildman–Crippen LogP) is 2.55. The molecular formula is C14H21NO. The lowest BCUT2D eigenvalue weighted by atomic mass is 9.99. The lowest BCUT2D eigenvalue weighted by molar-refractivity contribution is 0.273. The fourth-order valence-corrected chi connectivity index (χ4v) is 2.40. The van der Waals surface area contributed by atoms with Gasteiger partial charge in [0.25, 0.3) is 0 Å². The first-order chi connectivity index (χ1) is 7.63. The maximum Gasteiger partial charge on any atom is 0.0497 e. The van der Waals surface area contributed by atoms with Crippen LogP contribution in [0.5, 0.6) is 0 Å². The zero-order valence-corrected chi connectivity index (χ0v) is 10.4. The number of aliphatic hydroxyl groups excluding tert-OH is 1. The third kappa shape index (κ3) is 1.94. The molecule has 0 amide bonds. The first-order valence-electron chi connectivity index (χ1n) is 6.13. The average Bonchev–Trinajstić information content (AvgIpc) is 2.70. The largest absolute Gasteiger partial charge is 0.396 e. The summed E-state index contributed by atoms with van der Waals surface area (Å²) in [5.41, 5.74) is 4.07. The van der Waals surface area contributed by atoms with E-state index in [4.69, 9.17) is 5.11 Å². The van der Waals surface area contributed by atoms with E-state index in [1.807, 2.05) is 0 Å². The summed E-state index contributed by atoms with van der Waals surface area (Å²) in [7, 11) is 0. The van der Waals surface area contributed by atoms with Crippen molar-refractivity contribution < 1.29 is 5.11 Å². The summed E-state index contributed by atoms with van der Waals surface area (Å²) in [5.74, 6) is 0.249. The molecule has 0 radical (unpaired) electrons. The fourth-order valence-electron chi connectivity index (χ4n) is 2.40. The van der Waals surface area contributed by atoms with E-state index in [0.717, 1.165) is 13.0 Å². The summed E-state index contributed by atoms with van der Waals surface area (Å²) >= 11 is 0. The summed E-state index contributed by atoms with van der Waals surface area (Å²) < 4.78 is 0. The van der Waals surface area contributed by atoms with Crippen LogP contribution in [0.2, 0.25) is 0 Å². The number of hydrogen-bond donors (Lipinski definition) is 1. The number of hydrogen-bond acceptors (Lipinski definition) is 2. The van der Waals surface area contributed by atoms with E-state index in [1.165, 1.54) is 16.8 Å². The zero-order valence-electron chi connectivity index (χ0n) is 10.4. The molecule has 0 aromatic heterocycles. The fraction of sp³-hybridized carbons (Fsp3) is 0.571. The van der Waals surface area contributed by atoms with Gasteiger partial charge >= 0.3 is 0 Å². The quantitative estimate of drug-likeness (QED) is 0.844. The van der Waals surface area contributed by atoms with E-state index in [-0.39, 0.29) is 12.5 Å². The Morgan fingerprint density at radius 2 is 2.06 bits per heavy atom. The van der Waals surface area contributed by atoms with Gasteiger partial charge in [-0.15, -0.1) is 0 Å². The highest BCUT2D eigenvalue weighted by Gasteiger charge is 2.21. The minimum absolute atomic E-state index is 0.229. The van der Waals surface area contributed by atoms with Gasteiger partial charge in [-0.25, -0.2) is 0 Å². The van der Waals surface area contributed by atoms with Crippen molar-refractivity contribution >= 4 is 5.69 Å². The van der Waals surface area contributed by atoms with Crippen LogP contribution in [0.25, 0.3) is 0 Å². The summed E-state index contributed by atoms with van der Waals surface area (Å²) in [6.45, 7) is 7.90. The zero-order chi connectivity index (χ0) is 11.7. The first kappa shape index (κ1) is 11.5. The number of anilines is 1. The molecule has 0 bridgehead atoms. The van der Waals surface area contributed by atoms with Crippen LogP contribution >= 0.6 is 0 Å². The number of nitrogens with zero attached hydrogens (tertiary/aromatic N) is 1. The van der Waals surface area contributed by atoms with Gasteiger partial charge in [0.15, 0.2) is 0 Å². The van der Waals surface area contributed by atoms with Crippen molar-refractivity contribution in [1.82, 2.24) is 0 Å². The van der Waals surface area contributed by atoms with Crippen LogP contribution in [0.15, 0.2) is 18.2 Å². The lowest BCUT2D eigenvalue weighted by Gasteiger charge is -2.24. The standard InChI is InChI=1S/C14H21NO/c1-10(2)15-7-6-13-8-12(11(3)9-16)4-5-14(13)15/h4-5,8,10-11,16H,6-7,9H2,1-3H3. The molecule has 1 atom stereocenters. The molecule has 1 aliphatic rings. The Kier molecular flexibility index (Phi) is 3.20. The van der Waals surface area contributed by atoms with Gasteiger partial charge in [-0.1, -0.05) is 19.1 Å². The van der Waals surface area contributed by atoms with Gasteiger partial charge in [0.2, 0.25) is 0 Å². The van der Waals surface area contributed by atoms with Gasteiger partial charge in [0.1, 0.15) is 0 Å². The molecule has 2 rings (SSSR count). The van der Waals surface area contributed by atoms with Crippen LogP contribution in [0.4, 0.5) is 5.69 Å². The molecule has 2 heteroatoms. The summed E-state index contributed by atoms with van der Waals surface area (Å²) in [5, 5.41) is 9.17. The highest BCUT2D eigenvalue weighted by Crippen LogP contribution is 2.32. The molecule has 1 unspecified atom stereocenters. The van der Waals surface area contributed by atoms with Crippen molar-refractivity contribution in [1.29, 1.82) is 0 Å². The molecule has 0 aliphatic carbocycles. The Balaban J connectivity index is 2.29. The van der Waals surface area contributed by atoms with E-state index >= 15 is 0 Å². The van der Waals surface area contributed by atoms with Gasteiger partial charge in [0, 0.05) is 30.8 Å². The molecule has 0 fully saturated rings. The maximum absolute atomic E-state index is 9.17. The molecule has 0 saturated heterocycles. The molecule has 1 aromatic rings. The van der Waals surface area contributed by atoms with Crippen molar-refractivity contribution in [2.75, 3.05) is 18.1 Å². The molecule has 1 N–H and O–H groups in total. The molecule has 1 aromatic carbocycles. The Labute approximate surface area is 97.9 Å². The topological polar surface area (TPSA) is 23.5 Å². The lowest BCUT2D eigenvalue weighted by Crippen LogP contribution is -2.28. The van der Waals surface area contributed by atoms with Crippen LogP contribution in [0.3, 0.4) is 0 Å². The first-order valence-corrected chi connectivity index (χ1v) is 6.13. The number of aliphatic hydroxyl groups is 1. The third-order valence-corrected chi connectivity index (χ3v) is 3.50. The van der Waals surface area contributed by atoms with Crippen molar-refractivity contribution in [2.45, 2.75) is 39.2 Å². The average molecular weight is 219 g/mol. The Hall–Kier alpha value is -1.02. The summed E-state index contributed by atoms with van der Waals surface area (Å²) in [6.07, 6.45) is 1.14. The molecule has 2 nitrogen and oxygen atoms in total. The number of rotatable bonds is 3. The molecule has 0 spiro atoms. The second kappa shape index (κ2) is 4.46. The second-order valence-corrected chi connectivity index (χ2v) is 5.01. The van der Waals surface area contributed by atoms with Crippen molar-refractivity contribution in [3.05, 3.63) is 29.3 Å². The highest BCUT2D eigenvalue weighted by atomic mass is 16.3. The monoisotopic (exact) mass is 219 g/mol. The smallest absolute Gasteiger partial charge is 0.0497 e. The van der Waals surface area contributed by atoms with Crippen molar-refractivity contribution in [2.24, 2.45) is 0 Å². The Morgan fingerprint density at radius 1 is 1.31 bits per heavy atom. The Bertz CT molecular complexity index is 373. The van der Waals surface area contributed by atoms with E-state index in [2.05, 4.69) is 43.9 Å². The highest BCUT2D eigenvalue weighted by molar-refractivity contribution is 5.59. The number of benzene rings is 1. The normalized spacial score (nSPS) is 16.7. The van der Waals surface area contributed by atoms with E-state index in [9.17, 15) is 0 Å². The SMILES string of the molecule is CC(CO)c1ccc2c(c1)CCN2C(C)C. The summed E-state index contributed by atoms with van der Waals surface area (Å²) in [4.78, 5) is 2.45. The van der Waals surface area contributed by atoms with Crippen molar-refractivity contribution in [3.63, 3.8) is 0 Å². The Morgan fingerprint density at radius 3 is 2.69 bits per heavy atom. The molecule has 88 valence electrons. The van der Waals surface area contributed by atoms with Crippen LogP contribution in [0.1, 0.15) is 37.8 Å². The molecule has 16 heavy (non-hydrogen) atoms. The van der Waals surface area contributed by atoms with Gasteiger partial charge in [-0.2, -0.15) is 0 Å². The molecule has 1 heterocycles. The maximum atomic E-state index is 9.17. The van der Waals surface area contributed by atoms with Crippen LogP contribution in [0, 0.1) is 0 Å². The van der Waals surface area contributed by atoms with Crippen LogP contribution < -0.4 is 4.90 Å². The summed E-state index contributed by atoms with van der Waals surface area (Å²) in [6, 6.07) is 7.20. The predicted molar refractivity (Wildman–Crippen MR) is 68.1 cm³/mol. The van der Waals surface area contributed by atoms with E-state index in [0.29, 0.717) is 6.04 Å². The van der Waals surface area contributed by atoms with Crippen LogP contribution in [-0.2, 0) is 6.42 Å². The molecule has 1 aliphatic heterocycles. The van der Waals surface area contributed by atoms with Gasteiger partial charge in [-0.3, -0.25) is 0 Å². The van der Waals surface area contributed by atoms with Gasteiger partial charge in [-0.05, 0) is 37.5 Å². The van der Waals surface area contributed by atoms with Gasteiger partial charge < -0.3 is 10.0 Å². The van der Waals surface area contributed by atoms with E-state index in [1.54, 1.807) is 0 Å². The van der Waals surface area contributed by atoms with E-state index < -0.39 is 0 Å². The molecular weight excluding hydrogens is 198 g/mol. The molecule has 0 saturated carbocycles. The minimum atomic E-state index is 0.229.